The zero-order valence-electron chi connectivity index (χ0n) is 14.3. The van der Waals surface area contributed by atoms with Crippen LogP contribution < -0.4 is 4.74 Å². The highest BCUT2D eigenvalue weighted by Gasteiger charge is 2.23. The molecule has 0 radical (unpaired) electrons. The van der Waals surface area contributed by atoms with Gasteiger partial charge in [0.2, 0.25) is 0 Å². The van der Waals surface area contributed by atoms with Crippen molar-refractivity contribution in [2.75, 3.05) is 19.7 Å². The van der Waals surface area contributed by atoms with E-state index < -0.39 is 0 Å². The summed E-state index contributed by atoms with van der Waals surface area (Å²) in [6, 6.07) is 12.4. The van der Waals surface area contributed by atoms with E-state index in [-0.39, 0.29) is 12.5 Å². The highest BCUT2D eigenvalue weighted by atomic mass is 79.9. The summed E-state index contributed by atoms with van der Waals surface area (Å²) in [5, 5.41) is 2.24. The molecule has 0 bridgehead atoms. The van der Waals surface area contributed by atoms with Crippen LogP contribution in [0.25, 0.3) is 10.8 Å². The topological polar surface area (TPSA) is 47.4 Å². The van der Waals surface area contributed by atoms with Gasteiger partial charge in [0.15, 0.2) is 6.61 Å². The quantitative estimate of drug-likeness (QED) is 0.648. The molecule has 1 amide bonds. The minimum absolute atomic E-state index is 0.0463. The predicted molar refractivity (Wildman–Crippen MR) is 104 cm³/mol. The van der Waals surface area contributed by atoms with E-state index in [0.29, 0.717) is 6.04 Å². The molecule has 1 fully saturated rings. The maximum absolute atomic E-state index is 12.4. The summed E-state index contributed by atoms with van der Waals surface area (Å²) in [7, 11) is 0. The lowest BCUT2D eigenvalue weighted by Gasteiger charge is -2.32. The van der Waals surface area contributed by atoms with E-state index >= 15 is 0 Å². The summed E-state index contributed by atoms with van der Waals surface area (Å²) >= 11 is 3.48. The predicted octanol–water partition coefficient (Wildman–Crippen LogP) is 4.04. The van der Waals surface area contributed by atoms with E-state index in [0.717, 1.165) is 46.9 Å². The smallest absolute Gasteiger partial charge is 0.260 e. The van der Waals surface area contributed by atoms with Crippen LogP contribution in [0, 0.1) is 0 Å². The number of piperidine rings is 1. The number of likely N-dealkylation sites (tertiary alicyclic amines) is 1. The summed E-state index contributed by atoms with van der Waals surface area (Å²) in [5.74, 6) is 0.770. The van der Waals surface area contributed by atoms with Crippen LogP contribution in [0.2, 0.25) is 0 Å². The molecule has 1 aromatic heterocycles. The molecule has 2 heterocycles. The van der Waals surface area contributed by atoms with Gasteiger partial charge in [0.1, 0.15) is 5.75 Å². The van der Waals surface area contributed by atoms with E-state index in [1.54, 1.807) is 6.20 Å². The van der Waals surface area contributed by atoms with Gasteiger partial charge >= 0.3 is 0 Å². The van der Waals surface area contributed by atoms with Gasteiger partial charge in [-0.15, -0.1) is 0 Å². The molecule has 1 saturated heterocycles. The minimum Gasteiger partial charge on any atom is -0.484 e. The molecule has 6 heteroatoms. The number of rotatable bonds is 4. The summed E-state index contributed by atoms with van der Waals surface area (Å²) in [4.78, 5) is 18.4. The van der Waals surface area contributed by atoms with Crippen molar-refractivity contribution in [1.82, 2.24) is 14.5 Å². The van der Waals surface area contributed by atoms with Crippen molar-refractivity contribution < 1.29 is 9.53 Å². The van der Waals surface area contributed by atoms with Gasteiger partial charge in [-0.05, 0) is 47.9 Å². The second-order valence-electron chi connectivity index (χ2n) is 6.56. The Labute approximate surface area is 160 Å². The van der Waals surface area contributed by atoms with Crippen LogP contribution in [0.1, 0.15) is 18.9 Å². The number of amides is 1. The number of benzene rings is 2. The molecule has 5 nitrogen and oxygen atoms in total. The number of halogens is 1. The Hall–Kier alpha value is -2.34. The van der Waals surface area contributed by atoms with Gasteiger partial charge in [-0.1, -0.05) is 28.1 Å². The lowest BCUT2D eigenvalue weighted by atomic mass is 10.1. The fourth-order valence-corrected chi connectivity index (χ4v) is 3.80. The third-order valence-electron chi connectivity index (χ3n) is 4.90. The standard InChI is InChI=1S/C20H20BrN3O2/c21-17-3-1-16-12-19(4-2-15(16)11-17)26-13-20(25)23-8-5-18(6-9-23)24-10-7-22-14-24/h1-4,7,10-12,14,18H,5-6,8-9,13H2. The first kappa shape index (κ1) is 17.1. The Morgan fingerprint density at radius 3 is 2.69 bits per heavy atom. The van der Waals surface area contributed by atoms with E-state index in [4.69, 9.17) is 4.74 Å². The SMILES string of the molecule is O=C(COc1ccc2cc(Br)ccc2c1)N1CCC(n2ccnc2)CC1. The fourth-order valence-electron chi connectivity index (χ4n) is 3.42. The van der Waals surface area contributed by atoms with Gasteiger partial charge in [0, 0.05) is 36.0 Å². The van der Waals surface area contributed by atoms with Crippen LogP contribution in [0.4, 0.5) is 0 Å². The number of fused-ring (bicyclic) bond motifs is 1. The van der Waals surface area contributed by atoms with Crippen molar-refractivity contribution in [3.05, 3.63) is 59.6 Å². The third kappa shape index (κ3) is 3.75. The largest absolute Gasteiger partial charge is 0.484 e. The zero-order valence-corrected chi connectivity index (χ0v) is 15.9. The van der Waals surface area contributed by atoms with Crippen LogP contribution in [-0.4, -0.2) is 40.1 Å². The van der Waals surface area contributed by atoms with Crippen molar-refractivity contribution in [1.29, 1.82) is 0 Å². The number of imidazole rings is 1. The van der Waals surface area contributed by atoms with Crippen LogP contribution in [0.5, 0.6) is 5.75 Å². The lowest BCUT2D eigenvalue weighted by Crippen LogP contribution is -2.41. The molecule has 0 atom stereocenters. The second-order valence-corrected chi connectivity index (χ2v) is 7.48. The van der Waals surface area contributed by atoms with Crippen LogP contribution in [0.3, 0.4) is 0 Å². The molecule has 1 aliphatic rings. The molecule has 3 aromatic rings. The molecular weight excluding hydrogens is 394 g/mol. The Morgan fingerprint density at radius 1 is 1.15 bits per heavy atom. The second kappa shape index (κ2) is 7.50. The van der Waals surface area contributed by atoms with Gasteiger partial charge in [0.25, 0.3) is 5.91 Å². The normalized spacial score (nSPS) is 15.3. The van der Waals surface area contributed by atoms with Crippen molar-refractivity contribution >= 4 is 32.6 Å². The molecule has 0 aliphatic carbocycles. The summed E-state index contributed by atoms with van der Waals surface area (Å²) in [5.41, 5.74) is 0. The van der Waals surface area contributed by atoms with Gasteiger partial charge in [-0.25, -0.2) is 4.98 Å². The molecule has 2 aromatic carbocycles. The zero-order chi connectivity index (χ0) is 17.9. The third-order valence-corrected chi connectivity index (χ3v) is 5.39. The summed E-state index contributed by atoms with van der Waals surface area (Å²) < 4.78 is 8.92. The maximum atomic E-state index is 12.4. The van der Waals surface area contributed by atoms with Gasteiger partial charge < -0.3 is 14.2 Å². The van der Waals surface area contributed by atoms with E-state index in [2.05, 4.69) is 31.5 Å². The molecule has 0 N–H and O–H groups in total. The minimum atomic E-state index is 0.0463. The molecule has 0 spiro atoms. The molecule has 26 heavy (non-hydrogen) atoms. The average Bonchev–Trinajstić information content (AvgIpc) is 3.21. The first-order chi connectivity index (χ1) is 12.7. The van der Waals surface area contributed by atoms with Gasteiger partial charge in [-0.3, -0.25) is 4.79 Å². The van der Waals surface area contributed by atoms with E-state index in [1.165, 1.54) is 0 Å². The van der Waals surface area contributed by atoms with Crippen molar-refractivity contribution in [2.24, 2.45) is 0 Å². The monoisotopic (exact) mass is 413 g/mol. The lowest BCUT2D eigenvalue weighted by molar-refractivity contribution is -0.134. The molecule has 1 aliphatic heterocycles. The molecule has 134 valence electrons. The number of hydrogen-bond acceptors (Lipinski definition) is 3. The van der Waals surface area contributed by atoms with E-state index in [9.17, 15) is 4.79 Å². The molecule has 0 unspecified atom stereocenters. The van der Waals surface area contributed by atoms with Crippen molar-refractivity contribution in [2.45, 2.75) is 18.9 Å². The number of nitrogens with zero attached hydrogens (tertiary/aromatic N) is 3. The fraction of sp³-hybridized carbons (Fsp3) is 0.300. The van der Waals surface area contributed by atoms with Crippen molar-refractivity contribution in [3.8, 4) is 5.75 Å². The Bertz CT molecular complexity index is 903. The average molecular weight is 414 g/mol. The van der Waals surface area contributed by atoms with Crippen LogP contribution >= 0.6 is 15.9 Å². The van der Waals surface area contributed by atoms with Crippen LogP contribution in [0.15, 0.2) is 59.6 Å². The highest BCUT2D eigenvalue weighted by Crippen LogP contribution is 2.25. The van der Waals surface area contributed by atoms with E-state index in [1.807, 2.05) is 47.8 Å². The number of carbonyl (C=O) groups is 1. The molecular formula is C20H20BrN3O2. The number of aromatic nitrogens is 2. The maximum Gasteiger partial charge on any atom is 0.260 e. The Kier molecular flexibility index (Phi) is 4.93. The summed E-state index contributed by atoms with van der Waals surface area (Å²) in [6.45, 7) is 1.60. The number of hydrogen-bond donors (Lipinski definition) is 0. The first-order valence-corrected chi connectivity index (χ1v) is 9.56. The Balaban J connectivity index is 1.32. The number of ether oxygens (including phenoxy) is 1. The molecule has 4 rings (SSSR count). The van der Waals surface area contributed by atoms with Gasteiger partial charge in [0.05, 0.1) is 6.33 Å². The first-order valence-electron chi connectivity index (χ1n) is 8.76. The Morgan fingerprint density at radius 2 is 1.92 bits per heavy atom. The van der Waals surface area contributed by atoms with Gasteiger partial charge in [-0.2, -0.15) is 0 Å². The summed E-state index contributed by atoms with van der Waals surface area (Å²) in [6.07, 6.45) is 7.54. The number of carbonyl (C=O) groups excluding carboxylic acids is 1. The highest BCUT2D eigenvalue weighted by molar-refractivity contribution is 9.10. The molecule has 0 saturated carbocycles. The van der Waals surface area contributed by atoms with Crippen molar-refractivity contribution in [3.63, 3.8) is 0 Å². The van der Waals surface area contributed by atoms with Crippen LogP contribution in [-0.2, 0) is 4.79 Å².